The number of aromatic amines is 2. The third-order valence-electron chi connectivity index (χ3n) is 3.97. The highest BCUT2D eigenvalue weighted by atomic mass is 16.5. The first-order valence-corrected chi connectivity index (χ1v) is 8.03. The summed E-state index contributed by atoms with van der Waals surface area (Å²) in [6.45, 7) is 3.33. The van der Waals surface area contributed by atoms with Crippen LogP contribution in [0.4, 0.5) is 0 Å². The number of ether oxygens (including phenoxy) is 1. The summed E-state index contributed by atoms with van der Waals surface area (Å²) in [5.41, 5.74) is 3.14. The fraction of sp³-hybridized carbons (Fsp3) is 0.222. The standard InChI is InChI=1S/C18H18N4O3/c1-9(23)17-19-13-5-3-11(7-15(13)21-17)25-12-4-6-14-16(8-12)22-18(20-14)10(2)24/h3-10,23-24H,1-2H3,(H,19,21)(H,20,22)/t9-,10-/m1/s1. The van der Waals surface area contributed by atoms with Gasteiger partial charge in [-0.05, 0) is 38.1 Å². The fourth-order valence-corrected chi connectivity index (χ4v) is 2.68. The second-order valence-corrected chi connectivity index (χ2v) is 6.06. The SMILES string of the molecule is C[C@@H](O)c1nc2ccc(Oc3ccc4nc([C@@H](C)O)[nH]c4c3)cc2[nH]1. The van der Waals surface area contributed by atoms with Crippen LogP contribution in [0.3, 0.4) is 0 Å². The van der Waals surface area contributed by atoms with Crippen molar-refractivity contribution < 1.29 is 14.9 Å². The highest BCUT2D eigenvalue weighted by molar-refractivity contribution is 5.78. The van der Waals surface area contributed by atoms with Gasteiger partial charge in [0.25, 0.3) is 0 Å². The number of hydrogen-bond acceptors (Lipinski definition) is 5. The van der Waals surface area contributed by atoms with E-state index in [2.05, 4.69) is 19.9 Å². The minimum absolute atomic E-state index is 0.525. The van der Waals surface area contributed by atoms with E-state index in [1.54, 1.807) is 13.8 Å². The van der Waals surface area contributed by atoms with Crippen LogP contribution in [0, 0.1) is 0 Å². The molecule has 0 fully saturated rings. The molecule has 4 aromatic rings. The predicted molar refractivity (Wildman–Crippen MR) is 93.5 cm³/mol. The molecule has 0 spiro atoms. The topological polar surface area (TPSA) is 107 Å². The molecule has 0 unspecified atom stereocenters. The van der Waals surface area contributed by atoms with E-state index in [0.29, 0.717) is 23.1 Å². The lowest BCUT2D eigenvalue weighted by molar-refractivity contribution is 0.190. The molecular weight excluding hydrogens is 320 g/mol. The van der Waals surface area contributed by atoms with Gasteiger partial charge in [-0.2, -0.15) is 0 Å². The Morgan fingerprint density at radius 1 is 0.800 bits per heavy atom. The molecule has 0 bridgehead atoms. The summed E-state index contributed by atoms with van der Waals surface area (Å²) >= 11 is 0. The number of H-pyrrole nitrogens is 2. The van der Waals surface area contributed by atoms with Crippen molar-refractivity contribution in [1.29, 1.82) is 0 Å². The Bertz CT molecular complexity index is 965. The molecule has 2 atom stereocenters. The normalized spacial score (nSPS) is 14.1. The van der Waals surface area contributed by atoms with Gasteiger partial charge in [-0.1, -0.05) is 0 Å². The second-order valence-electron chi connectivity index (χ2n) is 6.06. The van der Waals surface area contributed by atoms with E-state index >= 15 is 0 Å². The number of hydrogen-bond donors (Lipinski definition) is 4. The third kappa shape index (κ3) is 2.95. The van der Waals surface area contributed by atoms with E-state index in [4.69, 9.17) is 4.74 Å². The third-order valence-corrected chi connectivity index (χ3v) is 3.97. The lowest BCUT2D eigenvalue weighted by atomic mass is 10.3. The number of aliphatic hydroxyl groups is 2. The van der Waals surface area contributed by atoms with Gasteiger partial charge in [0.1, 0.15) is 35.4 Å². The highest BCUT2D eigenvalue weighted by Crippen LogP contribution is 2.28. The quantitative estimate of drug-likeness (QED) is 0.456. The first-order valence-electron chi connectivity index (χ1n) is 8.03. The van der Waals surface area contributed by atoms with Gasteiger partial charge < -0.3 is 24.9 Å². The zero-order valence-corrected chi connectivity index (χ0v) is 13.8. The van der Waals surface area contributed by atoms with E-state index in [-0.39, 0.29) is 0 Å². The van der Waals surface area contributed by atoms with Gasteiger partial charge in [0.15, 0.2) is 0 Å². The van der Waals surface area contributed by atoms with E-state index in [0.717, 1.165) is 22.1 Å². The van der Waals surface area contributed by atoms with Gasteiger partial charge in [-0.15, -0.1) is 0 Å². The van der Waals surface area contributed by atoms with Crippen LogP contribution < -0.4 is 4.74 Å². The Hall–Kier alpha value is -2.90. The Kier molecular flexibility index (Phi) is 3.67. The Labute approximate surface area is 143 Å². The molecule has 0 radical (unpaired) electrons. The molecular formula is C18H18N4O3. The zero-order valence-electron chi connectivity index (χ0n) is 13.8. The molecule has 25 heavy (non-hydrogen) atoms. The van der Waals surface area contributed by atoms with Crippen LogP contribution in [0.15, 0.2) is 36.4 Å². The van der Waals surface area contributed by atoms with Crippen LogP contribution in [0.5, 0.6) is 11.5 Å². The Balaban J connectivity index is 1.64. The Morgan fingerprint density at radius 3 is 1.64 bits per heavy atom. The van der Waals surface area contributed by atoms with Crippen molar-refractivity contribution in [3.05, 3.63) is 48.0 Å². The molecule has 0 aliphatic carbocycles. The minimum Gasteiger partial charge on any atom is -0.457 e. The highest BCUT2D eigenvalue weighted by Gasteiger charge is 2.10. The molecule has 128 valence electrons. The van der Waals surface area contributed by atoms with Crippen molar-refractivity contribution in [3.63, 3.8) is 0 Å². The van der Waals surface area contributed by atoms with Crippen molar-refractivity contribution in [2.75, 3.05) is 0 Å². The average molecular weight is 338 g/mol. The monoisotopic (exact) mass is 338 g/mol. The molecule has 2 aromatic carbocycles. The number of fused-ring (bicyclic) bond motifs is 2. The molecule has 7 nitrogen and oxygen atoms in total. The van der Waals surface area contributed by atoms with E-state index in [1.165, 1.54) is 0 Å². The van der Waals surface area contributed by atoms with E-state index in [9.17, 15) is 10.2 Å². The first kappa shape index (κ1) is 15.6. The maximum atomic E-state index is 9.62. The number of benzene rings is 2. The number of aromatic nitrogens is 4. The number of nitrogens with one attached hydrogen (secondary N) is 2. The molecule has 0 aliphatic rings. The molecule has 4 rings (SSSR count). The molecule has 4 N–H and O–H groups in total. The van der Waals surface area contributed by atoms with Crippen LogP contribution in [-0.4, -0.2) is 30.1 Å². The van der Waals surface area contributed by atoms with Crippen LogP contribution >= 0.6 is 0 Å². The largest absolute Gasteiger partial charge is 0.457 e. The summed E-state index contributed by atoms with van der Waals surface area (Å²) in [6, 6.07) is 11.0. The van der Waals surface area contributed by atoms with Crippen molar-refractivity contribution in [1.82, 2.24) is 19.9 Å². The van der Waals surface area contributed by atoms with Gasteiger partial charge in [0.05, 0.1) is 22.1 Å². The maximum absolute atomic E-state index is 9.62. The second kappa shape index (κ2) is 5.87. The maximum Gasteiger partial charge on any atom is 0.135 e. The summed E-state index contributed by atoms with van der Waals surface area (Å²) in [6.07, 6.45) is -1.30. The van der Waals surface area contributed by atoms with Crippen LogP contribution in [-0.2, 0) is 0 Å². The molecule has 2 heterocycles. The lowest BCUT2D eigenvalue weighted by Crippen LogP contribution is -1.92. The number of imidazole rings is 2. The predicted octanol–water partition coefficient (Wildman–Crippen LogP) is 3.34. The summed E-state index contributed by atoms with van der Waals surface area (Å²) in [7, 11) is 0. The molecule has 7 heteroatoms. The molecule has 0 amide bonds. The van der Waals surface area contributed by atoms with Crippen molar-refractivity contribution >= 4 is 22.1 Å². The van der Waals surface area contributed by atoms with Gasteiger partial charge in [0.2, 0.25) is 0 Å². The van der Waals surface area contributed by atoms with Crippen molar-refractivity contribution in [2.24, 2.45) is 0 Å². The Morgan fingerprint density at radius 2 is 1.24 bits per heavy atom. The van der Waals surface area contributed by atoms with Crippen LogP contribution in [0.1, 0.15) is 37.7 Å². The van der Waals surface area contributed by atoms with Crippen LogP contribution in [0.2, 0.25) is 0 Å². The van der Waals surface area contributed by atoms with E-state index < -0.39 is 12.2 Å². The first-order chi connectivity index (χ1) is 12.0. The summed E-state index contributed by atoms with van der Waals surface area (Å²) < 4.78 is 5.91. The number of nitrogens with zero attached hydrogens (tertiary/aromatic N) is 2. The van der Waals surface area contributed by atoms with Crippen molar-refractivity contribution in [3.8, 4) is 11.5 Å². The van der Waals surface area contributed by atoms with Gasteiger partial charge in [-0.3, -0.25) is 0 Å². The fourth-order valence-electron chi connectivity index (χ4n) is 2.68. The lowest BCUT2D eigenvalue weighted by Gasteiger charge is -2.05. The van der Waals surface area contributed by atoms with Crippen molar-refractivity contribution in [2.45, 2.75) is 26.1 Å². The van der Waals surface area contributed by atoms with Gasteiger partial charge in [-0.25, -0.2) is 9.97 Å². The molecule has 0 saturated carbocycles. The van der Waals surface area contributed by atoms with E-state index in [1.807, 2.05) is 36.4 Å². The number of rotatable bonds is 4. The minimum atomic E-state index is -0.650. The summed E-state index contributed by atoms with van der Waals surface area (Å²) in [5.74, 6) is 2.36. The van der Waals surface area contributed by atoms with Gasteiger partial charge >= 0.3 is 0 Å². The number of aliphatic hydroxyl groups excluding tert-OH is 2. The van der Waals surface area contributed by atoms with Crippen LogP contribution in [0.25, 0.3) is 22.1 Å². The molecule has 0 saturated heterocycles. The smallest absolute Gasteiger partial charge is 0.135 e. The summed E-state index contributed by atoms with van der Waals surface area (Å²) in [5, 5.41) is 19.2. The summed E-state index contributed by atoms with van der Waals surface area (Å²) in [4.78, 5) is 14.8. The molecule has 0 aliphatic heterocycles. The zero-order chi connectivity index (χ0) is 17.6. The van der Waals surface area contributed by atoms with Gasteiger partial charge in [0, 0.05) is 12.1 Å². The molecule has 2 aromatic heterocycles. The average Bonchev–Trinajstić information content (AvgIpc) is 3.17.